The Morgan fingerprint density at radius 1 is 1.22 bits per heavy atom. The summed E-state index contributed by atoms with van der Waals surface area (Å²) in [6.45, 7) is 5.67. The first-order valence-corrected chi connectivity index (χ1v) is 6.01. The third-order valence-corrected chi connectivity index (χ3v) is 2.78. The number of hydrogen-bond donors (Lipinski definition) is 1. The molecule has 0 bridgehead atoms. The van der Waals surface area contributed by atoms with Gasteiger partial charge in [0.05, 0.1) is 5.69 Å². The standard InChI is InChI=1S/C13H16N4O/c1-3-17(4-2)13-15-11(9-12(18)16-13)10-5-7-14-8-6-10/h5-9H,3-4H2,1-2H3,(H,15,16,18). The molecule has 0 aliphatic heterocycles. The van der Waals surface area contributed by atoms with E-state index in [0.29, 0.717) is 5.95 Å². The molecule has 0 aliphatic rings. The molecule has 0 atom stereocenters. The number of pyridine rings is 1. The van der Waals surface area contributed by atoms with Gasteiger partial charge >= 0.3 is 0 Å². The number of aromatic amines is 1. The number of H-pyrrole nitrogens is 1. The molecule has 18 heavy (non-hydrogen) atoms. The molecule has 0 aromatic carbocycles. The van der Waals surface area contributed by atoms with E-state index in [0.717, 1.165) is 24.3 Å². The summed E-state index contributed by atoms with van der Waals surface area (Å²) in [6.07, 6.45) is 3.40. The van der Waals surface area contributed by atoms with Gasteiger partial charge in [0, 0.05) is 37.1 Å². The van der Waals surface area contributed by atoms with Gasteiger partial charge in [-0.2, -0.15) is 4.98 Å². The van der Waals surface area contributed by atoms with Crippen LogP contribution in [-0.4, -0.2) is 28.0 Å². The second-order valence-electron chi connectivity index (χ2n) is 3.86. The van der Waals surface area contributed by atoms with E-state index >= 15 is 0 Å². The van der Waals surface area contributed by atoms with Crippen molar-refractivity contribution < 1.29 is 0 Å². The maximum absolute atomic E-state index is 11.6. The maximum atomic E-state index is 11.6. The van der Waals surface area contributed by atoms with Crippen molar-refractivity contribution in [3.8, 4) is 11.3 Å². The van der Waals surface area contributed by atoms with Crippen LogP contribution in [-0.2, 0) is 0 Å². The van der Waals surface area contributed by atoms with Crippen LogP contribution in [0.4, 0.5) is 5.95 Å². The van der Waals surface area contributed by atoms with E-state index in [2.05, 4.69) is 15.0 Å². The highest BCUT2D eigenvalue weighted by atomic mass is 16.1. The zero-order valence-electron chi connectivity index (χ0n) is 10.6. The summed E-state index contributed by atoms with van der Waals surface area (Å²) in [4.78, 5) is 24.8. The average molecular weight is 244 g/mol. The number of nitrogens with one attached hydrogen (secondary N) is 1. The second-order valence-corrected chi connectivity index (χ2v) is 3.86. The second kappa shape index (κ2) is 5.44. The molecule has 0 radical (unpaired) electrons. The summed E-state index contributed by atoms with van der Waals surface area (Å²) >= 11 is 0. The fourth-order valence-electron chi connectivity index (χ4n) is 1.80. The highest BCUT2D eigenvalue weighted by Crippen LogP contribution is 2.16. The van der Waals surface area contributed by atoms with Gasteiger partial charge < -0.3 is 9.88 Å². The third kappa shape index (κ3) is 2.56. The van der Waals surface area contributed by atoms with Gasteiger partial charge in [0.1, 0.15) is 0 Å². The summed E-state index contributed by atoms with van der Waals surface area (Å²) in [5.41, 5.74) is 1.46. The molecule has 0 fully saturated rings. The minimum atomic E-state index is -0.234. The lowest BCUT2D eigenvalue weighted by Gasteiger charge is -2.19. The van der Waals surface area contributed by atoms with E-state index in [9.17, 15) is 4.79 Å². The maximum Gasteiger partial charge on any atom is 0.275 e. The van der Waals surface area contributed by atoms with E-state index < -0.39 is 0 Å². The first-order valence-electron chi connectivity index (χ1n) is 6.01. The SMILES string of the molecule is CCN(CC)c1nc(=O)cc(-c2ccncc2)[nH]1. The molecule has 0 saturated carbocycles. The van der Waals surface area contributed by atoms with Gasteiger partial charge in [0.25, 0.3) is 5.56 Å². The fourth-order valence-corrected chi connectivity index (χ4v) is 1.80. The first-order chi connectivity index (χ1) is 8.74. The van der Waals surface area contributed by atoms with Crippen LogP contribution in [0.1, 0.15) is 13.8 Å². The lowest BCUT2D eigenvalue weighted by Crippen LogP contribution is -2.26. The van der Waals surface area contributed by atoms with Crippen LogP contribution in [0, 0.1) is 0 Å². The topological polar surface area (TPSA) is 61.9 Å². The molecule has 2 rings (SSSR count). The van der Waals surface area contributed by atoms with Crippen molar-refractivity contribution in [2.45, 2.75) is 13.8 Å². The van der Waals surface area contributed by atoms with Gasteiger partial charge in [-0.1, -0.05) is 0 Å². The molecule has 0 saturated heterocycles. The third-order valence-electron chi connectivity index (χ3n) is 2.78. The predicted molar refractivity (Wildman–Crippen MR) is 71.6 cm³/mol. The Kier molecular flexibility index (Phi) is 3.72. The molecule has 2 aromatic heterocycles. The van der Waals surface area contributed by atoms with Crippen LogP contribution in [0.25, 0.3) is 11.3 Å². The highest BCUT2D eigenvalue weighted by molar-refractivity contribution is 5.59. The van der Waals surface area contributed by atoms with Gasteiger partial charge in [0.15, 0.2) is 0 Å². The van der Waals surface area contributed by atoms with Gasteiger partial charge in [0.2, 0.25) is 5.95 Å². The molecule has 2 heterocycles. The van der Waals surface area contributed by atoms with E-state index in [1.807, 2.05) is 30.9 Å². The quantitative estimate of drug-likeness (QED) is 0.888. The van der Waals surface area contributed by atoms with Crippen LogP contribution in [0.5, 0.6) is 0 Å². The van der Waals surface area contributed by atoms with Crippen molar-refractivity contribution in [2.24, 2.45) is 0 Å². The van der Waals surface area contributed by atoms with Crippen molar-refractivity contribution in [2.75, 3.05) is 18.0 Å². The first kappa shape index (κ1) is 12.3. The minimum absolute atomic E-state index is 0.234. The van der Waals surface area contributed by atoms with Gasteiger partial charge in [-0.15, -0.1) is 0 Å². The molecule has 2 aromatic rings. The Morgan fingerprint density at radius 3 is 2.50 bits per heavy atom. The molecule has 5 nitrogen and oxygen atoms in total. The molecule has 94 valence electrons. The van der Waals surface area contributed by atoms with Gasteiger partial charge in [-0.3, -0.25) is 9.78 Å². The predicted octanol–water partition coefficient (Wildman–Crippen LogP) is 1.68. The van der Waals surface area contributed by atoms with Crippen molar-refractivity contribution in [1.29, 1.82) is 0 Å². The van der Waals surface area contributed by atoms with Crippen LogP contribution in [0.3, 0.4) is 0 Å². The summed E-state index contributed by atoms with van der Waals surface area (Å²) in [6, 6.07) is 5.22. The fraction of sp³-hybridized carbons (Fsp3) is 0.308. The molecule has 1 N–H and O–H groups in total. The van der Waals surface area contributed by atoms with Gasteiger partial charge in [-0.05, 0) is 26.0 Å². The Balaban J connectivity index is 2.48. The monoisotopic (exact) mass is 244 g/mol. The van der Waals surface area contributed by atoms with Crippen LogP contribution in [0.15, 0.2) is 35.4 Å². The largest absolute Gasteiger partial charge is 0.343 e. The van der Waals surface area contributed by atoms with Crippen molar-refractivity contribution >= 4 is 5.95 Å². The zero-order chi connectivity index (χ0) is 13.0. The summed E-state index contributed by atoms with van der Waals surface area (Å²) < 4.78 is 0. The number of rotatable bonds is 4. The Hall–Kier alpha value is -2.17. The molecular weight excluding hydrogens is 228 g/mol. The van der Waals surface area contributed by atoms with Crippen LogP contribution >= 0.6 is 0 Å². The average Bonchev–Trinajstić information content (AvgIpc) is 2.40. The van der Waals surface area contributed by atoms with E-state index in [1.54, 1.807) is 12.4 Å². The normalized spacial score (nSPS) is 10.3. The molecule has 0 aliphatic carbocycles. The molecule has 0 spiro atoms. The summed E-state index contributed by atoms with van der Waals surface area (Å²) in [5, 5.41) is 0. The molecule has 0 amide bonds. The van der Waals surface area contributed by atoms with E-state index in [4.69, 9.17) is 0 Å². The molecule has 5 heteroatoms. The van der Waals surface area contributed by atoms with Crippen LogP contribution in [0.2, 0.25) is 0 Å². The number of nitrogens with zero attached hydrogens (tertiary/aromatic N) is 3. The number of anilines is 1. The zero-order valence-corrected chi connectivity index (χ0v) is 10.6. The lowest BCUT2D eigenvalue weighted by atomic mass is 10.2. The minimum Gasteiger partial charge on any atom is -0.343 e. The molecular formula is C13H16N4O. The molecule has 0 unspecified atom stereocenters. The van der Waals surface area contributed by atoms with E-state index in [-0.39, 0.29) is 5.56 Å². The summed E-state index contributed by atoms with van der Waals surface area (Å²) in [5.74, 6) is 0.610. The van der Waals surface area contributed by atoms with Crippen molar-refractivity contribution in [3.63, 3.8) is 0 Å². The Morgan fingerprint density at radius 2 is 1.89 bits per heavy atom. The van der Waals surface area contributed by atoms with Crippen molar-refractivity contribution in [3.05, 3.63) is 40.9 Å². The smallest absolute Gasteiger partial charge is 0.275 e. The van der Waals surface area contributed by atoms with Crippen molar-refractivity contribution in [1.82, 2.24) is 15.0 Å². The van der Waals surface area contributed by atoms with E-state index in [1.165, 1.54) is 6.07 Å². The summed E-state index contributed by atoms with van der Waals surface area (Å²) in [7, 11) is 0. The number of aromatic nitrogens is 3. The number of hydrogen-bond acceptors (Lipinski definition) is 4. The Labute approximate surface area is 106 Å². The Bertz CT molecular complexity index is 561. The van der Waals surface area contributed by atoms with Crippen LogP contribution < -0.4 is 10.5 Å². The highest BCUT2D eigenvalue weighted by Gasteiger charge is 2.07. The van der Waals surface area contributed by atoms with Gasteiger partial charge in [-0.25, -0.2) is 0 Å². The lowest BCUT2D eigenvalue weighted by molar-refractivity contribution is 0.817.